The van der Waals surface area contributed by atoms with Crippen molar-refractivity contribution in [3.63, 3.8) is 0 Å². The van der Waals surface area contributed by atoms with Crippen molar-refractivity contribution in [3.8, 4) is 11.4 Å². The number of halogens is 1. The summed E-state index contributed by atoms with van der Waals surface area (Å²) in [5.74, 6) is 0.189. The van der Waals surface area contributed by atoms with E-state index in [0.717, 1.165) is 11.1 Å². The highest BCUT2D eigenvalue weighted by Gasteiger charge is 2.19. The van der Waals surface area contributed by atoms with Gasteiger partial charge in [-0.2, -0.15) is 4.98 Å². The summed E-state index contributed by atoms with van der Waals surface area (Å²) < 4.78 is 21.2. The van der Waals surface area contributed by atoms with Crippen molar-refractivity contribution < 1.29 is 13.7 Å². The molecule has 0 bridgehead atoms. The summed E-state index contributed by atoms with van der Waals surface area (Å²) in [5, 5.41) is 6.71. The number of aryl methyl sites for hydroxylation is 1. The molecule has 4 rings (SSSR count). The van der Waals surface area contributed by atoms with E-state index in [1.807, 2.05) is 26.0 Å². The molecule has 1 amide bonds. The van der Waals surface area contributed by atoms with Gasteiger partial charge >= 0.3 is 5.69 Å². The summed E-state index contributed by atoms with van der Waals surface area (Å²) >= 11 is 0. The highest BCUT2D eigenvalue weighted by Crippen LogP contribution is 2.24. The third kappa shape index (κ3) is 4.11. The molecule has 0 radical (unpaired) electrons. The van der Waals surface area contributed by atoms with Gasteiger partial charge in [-0.05, 0) is 49.7 Å². The van der Waals surface area contributed by atoms with E-state index in [1.54, 1.807) is 29.7 Å². The van der Waals surface area contributed by atoms with Gasteiger partial charge in [0.25, 0.3) is 0 Å². The Morgan fingerprint density at radius 2 is 1.90 bits per heavy atom. The average Bonchev–Trinajstić information content (AvgIpc) is 3.28. The van der Waals surface area contributed by atoms with Gasteiger partial charge in [0.2, 0.25) is 17.6 Å². The molecule has 4 aromatic rings. The van der Waals surface area contributed by atoms with Gasteiger partial charge in [-0.1, -0.05) is 17.3 Å². The molecule has 2 aromatic heterocycles. The molecule has 0 spiro atoms. The van der Waals surface area contributed by atoms with Gasteiger partial charge in [0.05, 0.1) is 11.0 Å². The number of amides is 1. The van der Waals surface area contributed by atoms with E-state index in [2.05, 4.69) is 15.5 Å². The first-order chi connectivity index (χ1) is 14.8. The summed E-state index contributed by atoms with van der Waals surface area (Å²) in [6.07, 6.45) is 0. The Kier molecular flexibility index (Phi) is 5.41. The first kappa shape index (κ1) is 20.5. The third-order valence-corrected chi connectivity index (χ3v) is 4.97. The second kappa shape index (κ2) is 8.17. The number of nitrogens with one attached hydrogen (secondary N) is 1. The zero-order valence-corrected chi connectivity index (χ0v) is 17.4. The minimum atomic E-state index is -0.337. The Morgan fingerprint density at radius 3 is 2.55 bits per heavy atom. The van der Waals surface area contributed by atoms with Gasteiger partial charge in [-0.15, -0.1) is 0 Å². The van der Waals surface area contributed by atoms with Crippen molar-refractivity contribution in [2.75, 3.05) is 0 Å². The molecule has 9 heteroatoms. The van der Waals surface area contributed by atoms with E-state index >= 15 is 0 Å². The maximum absolute atomic E-state index is 13.1. The van der Waals surface area contributed by atoms with Gasteiger partial charge in [0, 0.05) is 25.1 Å². The average molecular weight is 423 g/mol. The van der Waals surface area contributed by atoms with Gasteiger partial charge in [-0.3, -0.25) is 13.9 Å². The van der Waals surface area contributed by atoms with Gasteiger partial charge in [0.15, 0.2) is 0 Å². The van der Waals surface area contributed by atoms with E-state index < -0.39 is 0 Å². The maximum atomic E-state index is 13.1. The Morgan fingerprint density at radius 1 is 1.16 bits per heavy atom. The molecule has 0 saturated carbocycles. The Bertz CT molecular complexity index is 1300. The molecule has 0 aliphatic heterocycles. The Hall–Kier alpha value is -3.75. The van der Waals surface area contributed by atoms with Crippen LogP contribution in [0.4, 0.5) is 4.39 Å². The van der Waals surface area contributed by atoms with Crippen molar-refractivity contribution in [2.24, 2.45) is 0 Å². The summed E-state index contributed by atoms with van der Waals surface area (Å²) in [7, 11) is 0. The Balaban J connectivity index is 1.66. The molecular weight excluding hydrogens is 401 g/mol. The lowest BCUT2D eigenvalue weighted by Crippen LogP contribution is -2.33. The molecule has 31 heavy (non-hydrogen) atoms. The fourth-order valence-electron chi connectivity index (χ4n) is 3.49. The number of carbonyl (C=O) groups excluding carboxylic acids is 1. The van der Waals surface area contributed by atoms with E-state index in [1.165, 1.54) is 16.7 Å². The lowest BCUT2D eigenvalue weighted by atomic mass is 10.2. The van der Waals surface area contributed by atoms with Crippen LogP contribution in [-0.2, 0) is 17.9 Å². The van der Waals surface area contributed by atoms with Crippen LogP contribution in [-0.4, -0.2) is 25.2 Å². The predicted molar refractivity (Wildman–Crippen MR) is 113 cm³/mol. The molecule has 0 aliphatic carbocycles. The van der Waals surface area contributed by atoms with Crippen LogP contribution in [0.1, 0.15) is 31.3 Å². The molecular formula is C22H22FN5O3. The molecule has 160 valence electrons. The van der Waals surface area contributed by atoms with Crippen LogP contribution >= 0.6 is 0 Å². The van der Waals surface area contributed by atoms with Gasteiger partial charge < -0.3 is 9.84 Å². The lowest BCUT2D eigenvalue weighted by Gasteiger charge is -2.07. The molecule has 2 aromatic carbocycles. The largest absolute Gasteiger partial charge is 0.350 e. The van der Waals surface area contributed by atoms with Gasteiger partial charge in [-0.25, -0.2) is 9.18 Å². The number of carbonyl (C=O) groups is 1. The minimum absolute atomic E-state index is 0.0863. The van der Waals surface area contributed by atoms with Crippen LogP contribution in [0, 0.1) is 12.7 Å². The maximum Gasteiger partial charge on any atom is 0.329 e. The fraction of sp³-hybridized carbons (Fsp3) is 0.273. The second-order valence-electron chi connectivity index (χ2n) is 7.58. The standard InChI is InChI=1S/C22H22FN5O3/c1-13(2)28-18-9-6-16(21-25-14(3)31-26-21)10-19(18)27(22(28)30)12-20(29)24-11-15-4-7-17(23)8-5-15/h4-10,13H,11-12H2,1-3H3,(H,24,29). The first-order valence-corrected chi connectivity index (χ1v) is 9.90. The third-order valence-electron chi connectivity index (χ3n) is 4.97. The lowest BCUT2D eigenvalue weighted by molar-refractivity contribution is -0.121. The van der Waals surface area contributed by atoms with Crippen LogP contribution in [0.25, 0.3) is 22.4 Å². The minimum Gasteiger partial charge on any atom is -0.350 e. The van der Waals surface area contributed by atoms with Crippen molar-refractivity contribution >= 4 is 16.9 Å². The monoisotopic (exact) mass is 423 g/mol. The summed E-state index contributed by atoms with van der Waals surface area (Å²) in [6.45, 7) is 5.62. The quantitative estimate of drug-likeness (QED) is 0.514. The number of imidazole rings is 1. The van der Waals surface area contributed by atoms with Crippen LogP contribution in [0.15, 0.2) is 51.8 Å². The number of hydrogen-bond donors (Lipinski definition) is 1. The Labute approximate surface area is 177 Å². The number of aromatic nitrogens is 4. The van der Waals surface area contributed by atoms with Crippen molar-refractivity contribution in [1.29, 1.82) is 0 Å². The predicted octanol–water partition coefficient (Wildman–Crippen LogP) is 3.20. The number of benzene rings is 2. The second-order valence-corrected chi connectivity index (χ2v) is 7.58. The first-order valence-electron chi connectivity index (χ1n) is 9.90. The van der Waals surface area contributed by atoms with Crippen molar-refractivity contribution in [3.05, 3.63) is 70.2 Å². The van der Waals surface area contributed by atoms with Crippen LogP contribution in [0.5, 0.6) is 0 Å². The molecule has 8 nitrogen and oxygen atoms in total. The highest BCUT2D eigenvalue weighted by molar-refractivity contribution is 5.84. The van der Waals surface area contributed by atoms with Gasteiger partial charge in [0.1, 0.15) is 12.4 Å². The molecule has 0 fully saturated rings. The van der Waals surface area contributed by atoms with Crippen LogP contribution in [0.3, 0.4) is 0 Å². The number of nitrogens with zero attached hydrogens (tertiary/aromatic N) is 4. The molecule has 0 aliphatic rings. The smallest absolute Gasteiger partial charge is 0.329 e. The van der Waals surface area contributed by atoms with Crippen molar-refractivity contribution in [1.82, 2.24) is 24.6 Å². The van der Waals surface area contributed by atoms with E-state index in [9.17, 15) is 14.0 Å². The summed E-state index contributed by atoms with van der Waals surface area (Å²) in [5.41, 5.74) is 2.50. The number of fused-ring (bicyclic) bond motifs is 1. The fourth-order valence-corrected chi connectivity index (χ4v) is 3.49. The molecule has 1 N–H and O–H groups in total. The zero-order chi connectivity index (χ0) is 22.1. The zero-order valence-electron chi connectivity index (χ0n) is 17.4. The van der Waals surface area contributed by atoms with E-state index in [0.29, 0.717) is 22.8 Å². The molecule has 2 heterocycles. The summed E-state index contributed by atoms with van der Waals surface area (Å²) in [6, 6.07) is 11.2. The van der Waals surface area contributed by atoms with E-state index in [-0.39, 0.29) is 36.5 Å². The van der Waals surface area contributed by atoms with E-state index in [4.69, 9.17) is 4.52 Å². The van der Waals surface area contributed by atoms with Crippen LogP contribution in [0.2, 0.25) is 0 Å². The molecule has 0 unspecified atom stereocenters. The molecule has 0 atom stereocenters. The number of hydrogen-bond acceptors (Lipinski definition) is 5. The highest BCUT2D eigenvalue weighted by atomic mass is 19.1. The normalized spacial score (nSPS) is 11.4. The SMILES string of the molecule is Cc1nc(-c2ccc3c(c2)n(CC(=O)NCc2ccc(F)cc2)c(=O)n3C(C)C)no1. The van der Waals surface area contributed by atoms with Crippen molar-refractivity contribution in [2.45, 2.75) is 39.9 Å². The number of rotatable bonds is 6. The van der Waals surface area contributed by atoms with Crippen LogP contribution < -0.4 is 11.0 Å². The summed E-state index contributed by atoms with van der Waals surface area (Å²) in [4.78, 5) is 29.9. The topological polar surface area (TPSA) is 95.0 Å². The molecule has 0 saturated heterocycles.